The van der Waals surface area contributed by atoms with Crippen LogP contribution in [0.25, 0.3) is 0 Å². The molecule has 0 amide bonds. The molecule has 3 N–H and O–H groups in total. The fourth-order valence-electron chi connectivity index (χ4n) is 0.905. The maximum absolute atomic E-state index is 12.9. The van der Waals surface area contributed by atoms with Gasteiger partial charge in [-0.25, -0.2) is 4.39 Å². The van der Waals surface area contributed by atoms with Crippen molar-refractivity contribution in [2.75, 3.05) is 6.61 Å². The van der Waals surface area contributed by atoms with Gasteiger partial charge in [0.15, 0.2) is 0 Å². The molecule has 1 rings (SSSR count). The Balaban J connectivity index is 3.07. The molecule has 0 aliphatic rings. The zero-order chi connectivity index (χ0) is 9.14. The third-order valence-electron chi connectivity index (χ3n) is 1.58. The van der Waals surface area contributed by atoms with Gasteiger partial charge in [-0.3, -0.25) is 0 Å². The minimum atomic E-state index is -0.532. The summed E-state index contributed by atoms with van der Waals surface area (Å²) in [5, 5.41) is 8.74. The quantitative estimate of drug-likeness (QED) is 0.815. The van der Waals surface area contributed by atoms with E-state index in [0.29, 0.717) is 10.0 Å². The molecule has 0 spiro atoms. The molecule has 0 aromatic heterocycles. The molecule has 0 fully saturated rings. The molecule has 2 nitrogen and oxygen atoms in total. The summed E-state index contributed by atoms with van der Waals surface area (Å²) < 4.78 is 13.2. The van der Waals surface area contributed by atoms with Gasteiger partial charge in [0.05, 0.1) is 17.1 Å². The highest BCUT2D eigenvalue weighted by Crippen LogP contribution is 2.24. The fraction of sp³-hybridized carbons (Fsp3) is 0.250. The third kappa shape index (κ3) is 1.83. The van der Waals surface area contributed by atoms with Crippen molar-refractivity contribution in [3.05, 3.63) is 34.1 Å². The molecule has 0 heterocycles. The number of benzene rings is 1. The molecule has 1 atom stereocenters. The predicted molar refractivity (Wildman–Crippen MR) is 48.1 cm³/mol. The Bertz CT molecular complexity index is 280. The van der Waals surface area contributed by atoms with Crippen LogP contribution in [-0.2, 0) is 0 Å². The van der Waals surface area contributed by atoms with Crippen LogP contribution in [0, 0.1) is 5.82 Å². The maximum Gasteiger partial charge on any atom is 0.137 e. The van der Waals surface area contributed by atoms with E-state index in [0.717, 1.165) is 0 Å². The van der Waals surface area contributed by atoms with Gasteiger partial charge in [-0.2, -0.15) is 0 Å². The van der Waals surface area contributed by atoms with Crippen molar-refractivity contribution in [3.63, 3.8) is 0 Å². The Kier molecular flexibility index (Phi) is 3.20. The van der Waals surface area contributed by atoms with Gasteiger partial charge in [0, 0.05) is 0 Å². The first-order valence-corrected chi connectivity index (χ1v) is 4.26. The molecule has 66 valence electrons. The van der Waals surface area contributed by atoms with Crippen LogP contribution in [0.1, 0.15) is 11.6 Å². The molecule has 0 unspecified atom stereocenters. The van der Waals surface area contributed by atoms with Crippen molar-refractivity contribution in [1.82, 2.24) is 0 Å². The predicted octanol–water partition coefficient (Wildman–Crippen LogP) is 1.58. The average molecular weight is 234 g/mol. The van der Waals surface area contributed by atoms with Crippen molar-refractivity contribution in [3.8, 4) is 0 Å². The molecule has 0 radical (unpaired) electrons. The molecule has 4 heteroatoms. The lowest BCUT2D eigenvalue weighted by atomic mass is 10.1. The van der Waals surface area contributed by atoms with Gasteiger partial charge in [-0.05, 0) is 27.6 Å². The number of nitrogens with two attached hydrogens (primary N) is 1. The number of hydrogen-bond acceptors (Lipinski definition) is 2. The molecule has 0 aliphatic carbocycles. The minimum Gasteiger partial charge on any atom is -0.394 e. The maximum atomic E-state index is 12.9. The van der Waals surface area contributed by atoms with Crippen molar-refractivity contribution in [2.24, 2.45) is 5.73 Å². The monoisotopic (exact) mass is 233 g/mol. The Morgan fingerprint density at radius 1 is 1.58 bits per heavy atom. The van der Waals surface area contributed by atoms with Crippen molar-refractivity contribution in [1.29, 1.82) is 0 Å². The standard InChI is InChI=1S/C8H9BrFNO/c9-8-5(7(11)4-12)2-1-3-6(8)10/h1-3,7,12H,4,11H2/t7-/m1/s1. The van der Waals surface area contributed by atoms with Gasteiger partial charge in [0.25, 0.3) is 0 Å². The van der Waals surface area contributed by atoms with E-state index in [4.69, 9.17) is 10.8 Å². The fourth-order valence-corrected chi connectivity index (χ4v) is 1.46. The van der Waals surface area contributed by atoms with Crippen LogP contribution in [0.4, 0.5) is 4.39 Å². The molecule has 12 heavy (non-hydrogen) atoms. The van der Waals surface area contributed by atoms with Gasteiger partial charge in [-0.15, -0.1) is 0 Å². The zero-order valence-electron chi connectivity index (χ0n) is 6.30. The van der Waals surface area contributed by atoms with E-state index in [1.165, 1.54) is 6.07 Å². The zero-order valence-corrected chi connectivity index (χ0v) is 7.88. The van der Waals surface area contributed by atoms with Crippen molar-refractivity contribution < 1.29 is 9.50 Å². The van der Waals surface area contributed by atoms with Gasteiger partial charge < -0.3 is 10.8 Å². The van der Waals surface area contributed by atoms with Crippen LogP contribution in [0.5, 0.6) is 0 Å². The lowest BCUT2D eigenvalue weighted by molar-refractivity contribution is 0.267. The number of aliphatic hydroxyl groups is 1. The topological polar surface area (TPSA) is 46.2 Å². The first-order chi connectivity index (χ1) is 5.66. The lowest BCUT2D eigenvalue weighted by Crippen LogP contribution is -2.15. The Hall–Kier alpha value is -0.450. The highest BCUT2D eigenvalue weighted by Gasteiger charge is 2.10. The van der Waals surface area contributed by atoms with Crippen LogP contribution in [0.2, 0.25) is 0 Å². The molecule has 0 aliphatic heterocycles. The Labute approximate surface area is 78.3 Å². The van der Waals surface area contributed by atoms with E-state index in [1.807, 2.05) is 0 Å². The van der Waals surface area contributed by atoms with Gasteiger partial charge in [0.1, 0.15) is 5.82 Å². The summed E-state index contributed by atoms with van der Waals surface area (Å²) in [6, 6.07) is 4.03. The smallest absolute Gasteiger partial charge is 0.137 e. The van der Waals surface area contributed by atoms with Gasteiger partial charge in [-0.1, -0.05) is 12.1 Å². The average Bonchev–Trinajstić information content (AvgIpc) is 2.08. The number of aliphatic hydroxyl groups excluding tert-OH is 1. The second-order valence-corrected chi connectivity index (χ2v) is 3.23. The van der Waals surface area contributed by atoms with Crippen LogP contribution in [-0.4, -0.2) is 11.7 Å². The third-order valence-corrected chi connectivity index (χ3v) is 2.41. The summed E-state index contributed by atoms with van der Waals surface area (Å²) in [6.45, 7) is -0.192. The van der Waals surface area contributed by atoms with Crippen molar-refractivity contribution >= 4 is 15.9 Å². The summed E-state index contributed by atoms with van der Waals surface area (Å²) in [5.41, 5.74) is 6.10. The van der Waals surface area contributed by atoms with Crippen molar-refractivity contribution in [2.45, 2.75) is 6.04 Å². The summed E-state index contributed by atoms with van der Waals surface area (Å²) >= 11 is 3.06. The largest absolute Gasteiger partial charge is 0.394 e. The Morgan fingerprint density at radius 3 is 2.83 bits per heavy atom. The summed E-state index contributed by atoms with van der Waals surface area (Å²) in [7, 11) is 0. The van der Waals surface area contributed by atoms with E-state index >= 15 is 0 Å². The van der Waals surface area contributed by atoms with Gasteiger partial charge in [0.2, 0.25) is 0 Å². The molecule has 0 saturated heterocycles. The Morgan fingerprint density at radius 2 is 2.25 bits per heavy atom. The number of rotatable bonds is 2. The second-order valence-electron chi connectivity index (χ2n) is 2.43. The minimum absolute atomic E-state index is 0.192. The highest BCUT2D eigenvalue weighted by atomic mass is 79.9. The molecule has 1 aromatic carbocycles. The molecular weight excluding hydrogens is 225 g/mol. The van der Waals surface area contributed by atoms with E-state index < -0.39 is 6.04 Å². The van der Waals surface area contributed by atoms with Gasteiger partial charge >= 0.3 is 0 Å². The molecule has 1 aromatic rings. The summed E-state index contributed by atoms with van der Waals surface area (Å²) in [4.78, 5) is 0. The normalized spacial score (nSPS) is 13.0. The van der Waals surface area contributed by atoms with E-state index in [9.17, 15) is 4.39 Å². The molecular formula is C8H9BrFNO. The van der Waals surface area contributed by atoms with E-state index in [-0.39, 0.29) is 12.4 Å². The van der Waals surface area contributed by atoms with E-state index in [2.05, 4.69) is 15.9 Å². The first-order valence-electron chi connectivity index (χ1n) is 3.47. The van der Waals surface area contributed by atoms with Crippen LogP contribution in [0.15, 0.2) is 22.7 Å². The molecule has 0 bridgehead atoms. The molecule has 0 saturated carbocycles. The summed E-state index contributed by atoms with van der Waals surface area (Å²) in [6.07, 6.45) is 0. The second kappa shape index (κ2) is 3.98. The number of halogens is 2. The van der Waals surface area contributed by atoms with E-state index in [1.54, 1.807) is 12.1 Å². The highest BCUT2D eigenvalue weighted by molar-refractivity contribution is 9.10. The first kappa shape index (κ1) is 9.64. The SMILES string of the molecule is N[C@H](CO)c1cccc(F)c1Br. The number of hydrogen-bond donors (Lipinski definition) is 2. The summed E-state index contributed by atoms with van der Waals surface area (Å²) in [5.74, 6) is -0.364. The lowest BCUT2D eigenvalue weighted by Gasteiger charge is -2.10. The van der Waals surface area contributed by atoms with Crippen LogP contribution >= 0.6 is 15.9 Å². The van der Waals surface area contributed by atoms with Crippen LogP contribution < -0.4 is 5.73 Å². The van der Waals surface area contributed by atoms with Crippen LogP contribution in [0.3, 0.4) is 0 Å².